The Kier molecular flexibility index (Phi) is 5.69. The Morgan fingerprint density at radius 1 is 1.27 bits per heavy atom. The zero-order valence-corrected chi connectivity index (χ0v) is 12.3. The maximum absolute atomic E-state index is 5.88. The van der Waals surface area contributed by atoms with Gasteiger partial charge >= 0.3 is 0 Å². The molecule has 0 aliphatic rings. The highest BCUT2D eigenvalue weighted by Gasteiger charge is 2.08. The third-order valence-corrected chi connectivity index (χ3v) is 3.62. The Morgan fingerprint density at radius 2 is 1.93 bits per heavy atom. The fraction of sp³-hybridized carbons (Fsp3) is 0.500. The van der Waals surface area contributed by atoms with Gasteiger partial charge in [0.1, 0.15) is 5.75 Å². The zero-order chi connectivity index (χ0) is 11.3. The molecular weight excluding hydrogens is 320 g/mol. The molecule has 1 rings (SSSR count). The summed E-state index contributed by atoms with van der Waals surface area (Å²) >= 11 is 6.96. The third kappa shape index (κ3) is 3.80. The van der Waals surface area contributed by atoms with Crippen molar-refractivity contribution < 1.29 is 4.74 Å². The van der Waals surface area contributed by atoms with Crippen LogP contribution in [0.25, 0.3) is 0 Å². The lowest BCUT2D eigenvalue weighted by atomic mass is 10.2. The molecule has 1 aromatic carbocycles. The van der Waals surface area contributed by atoms with Gasteiger partial charge in [0.05, 0.1) is 10.6 Å². The molecule has 1 nitrogen and oxygen atoms in total. The van der Waals surface area contributed by atoms with Crippen molar-refractivity contribution in [2.24, 2.45) is 0 Å². The van der Waals surface area contributed by atoms with Crippen LogP contribution in [0.4, 0.5) is 0 Å². The minimum absolute atomic E-state index is 0.316. The maximum Gasteiger partial charge on any atom is 0.133 e. The summed E-state index contributed by atoms with van der Waals surface area (Å²) in [5.74, 6) is 0.938. The van der Waals surface area contributed by atoms with Gasteiger partial charge in [0, 0.05) is 5.33 Å². The van der Waals surface area contributed by atoms with E-state index in [0.29, 0.717) is 6.10 Å². The van der Waals surface area contributed by atoms with Gasteiger partial charge in [-0.3, -0.25) is 0 Å². The smallest absolute Gasteiger partial charge is 0.133 e. The molecule has 0 aliphatic heterocycles. The molecule has 0 aromatic heterocycles. The van der Waals surface area contributed by atoms with E-state index in [1.807, 2.05) is 6.07 Å². The van der Waals surface area contributed by atoms with Crippen LogP contribution in [0.5, 0.6) is 5.75 Å². The van der Waals surface area contributed by atoms with E-state index in [-0.39, 0.29) is 0 Å². The highest BCUT2D eigenvalue weighted by molar-refractivity contribution is 9.10. The molecule has 0 unspecified atom stereocenters. The molecule has 0 bridgehead atoms. The van der Waals surface area contributed by atoms with E-state index in [9.17, 15) is 0 Å². The first-order valence-electron chi connectivity index (χ1n) is 5.22. The minimum atomic E-state index is 0.316. The number of alkyl halides is 1. The summed E-state index contributed by atoms with van der Waals surface area (Å²) in [6.45, 7) is 4.30. The van der Waals surface area contributed by atoms with Gasteiger partial charge in [-0.05, 0) is 46.5 Å². The quantitative estimate of drug-likeness (QED) is 0.694. The first-order valence-corrected chi connectivity index (χ1v) is 7.13. The Bertz CT molecular complexity index is 308. The SMILES string of the molecule is CCC(CC)Oc1ccc(CBr)cc1Br. The number of rotatable bonds is 5. The van der Waals surface area contributed by atoms with E-state index < -0.39 is 0 Å². The zero-order valence-electron chi connectivity index (χ0n) is 9.09. The van der Waals surface area contributed by atoms with Crippen LogP contribution >= 0.6 is 31.9 Å². The van der Waals surface area contributed by atoms with Crippen LogP contribution in [0.15, 0.2) is 22.7 Å². The van der Waals surface area contributed by atoms with Gasteiger partial charge in [0.25, 0.3) is 0 Å². The number of hydrogen-bond acceptors (Lipinski definition) is 1. The second-order valence-corrected chi connectivity index (χ2v) is 4.87. The first kappa shape index (κ1) is 13.0. The molecular formula is C12H16Br2O. The van der Waals surface area contributed by atoms with E-state index in [4.69, 9.17) is 4.74 Å². The largest absolute Gasteiger partial charge is 0.489 e. The second kappa shape index (κ2) is 6.54. The van der Waals surface area contributed by atoms with Crippen molar-refractivity contribution >= 4 is 31.9 Å². The minimum Gasteiger partial charge on any atom is -0.489 e. The number of ether oxygens (including phenoxy) is 1. The molecule has 0 atom stereocenters. The standard InChI is InChI=1S/C12H16Br2O/c1-3-10(4-2)15-12-6-5-9(8-13)7-11(12)14/h5-7,10H,3-4,8H2,1-2H3. The summed E-state index contributed by atoms with van der Waals surface area (Å²) in [5, 5.41) is 0.872. The molecule has 0 radical (unpaired) electrons. The lowest BCUT2D eigenvalue weighted by molar-refractivity contribution is 0.191. The molecule has 3 heteroatoms. The maximum atomic E-state index is 5.88. The van der Waals surface area contributed by atoms with Crippen molar-refractivity contribution in [1.82, 2.24) is 0 Å². The van der Waals surface area contributed by atoms with Gasteiger partial charge in [0.15, 0.2) is 0 Å². The fourth-order valence-electron chi connectivity index (χ4n) is 1.36. The molecule has 0 heterocycles. The molecule has 1 aromatic rings. The van der Waals surface area contributed by atoms with Crippen LogP contribution in [-0.2, 0) is 5.33 Å². The number of benzene rings is 1. The van der Waals surface area contributed by atoms with E-state index in [1.165, 1.54) is 5.56 Å². The normalized spacial score (nSPS) is 10.7. The van der Waals surface area contributed by atoms with Gasteiger partial charge in [-0.2, -0.15) is 0 Å². The van der Waals surface area contributed by atoms with Gasteiger partial charge in [-0.15, -0.1) is 0 Å². The summed E-state index contributed by atoms with van der Waals surface area (Å²) in [4.78, 5) is 0. The third-order valence-electron chi connectivity index (χ3n) is 2.35. The first-order chi connectivity index (χ1) is 7.21. The molecule has 0 saturated heterocycles. The van der Waals surface area contributed by atoms with E-state index >= 15 is 0 Å². The summed E-state index contributed by atoms with van der Waals surface area (Å²) in [6, 6.07) is 6.20. The van der Waals surface area contributed by atoms with Crippen LogP contribution in [0.2, 0.25) is 0 Å². The monoisotopic (exact) mass is 334 g/mol. The van der Waals surface area contributed by atoms with Crippen molar-refractivity contribution in [3.05, 3.63) is 28.2 Å². The summed E-state index contributed by atoms with van der Waals surface area (Å²) in [6.07, 6.45) is 2.41. The predicted octanol–water partition coefficient (Wildman–Crippen LogP) is 4.91. The van der Waals surface area contributed by atoms with Crippen molar-refractivity contribution in [2.45, 2.75) is 38.1 Å². The Labute approximate surface area is 108 Å². The molecule has 0 spiro atoms. The Balaban J connectivity index is 2.77. The van der Waals surface area contributed by atoms with Gasteiger partial charge in [0.2, 0.25) is 0 Å². The molecule has 15 heavy (non-hydrogen) atoms. The summed E-state index contributed by atoms with van der Waals surface area (Å²) in [7, 11) is 0. The summed E-state index contributed by atoms with van der Waals surface area (Å²) in [5.41, 5.74) is 1.25. The van der Waals surface area contributed by atoms with Crippen molar-refractivity contribution in [3.63, 3.8) is 0 Å². The van der Waals surface area contributed by atoms with Crippen LogP contribution < -0.4 is 4.74 Å². The van der Waals surface area contributed by atoms with Crippen molar-refractivity contribution in [1.29, 1.82) is 0 Å². The highest BCUT2D eigenvalue weighted by atomic mass is 79.9. The predicted molar refractivity (Wildman–Crippen MR) is 71.8 cm³/mol. The van der Waals surface area contributed by atoms with E-state index in [0.717, 1.165) is 28.4 Å². The van der Waals surface area contributed by atoms with Gasteiger partial charge < -0.3 is 4.74 Å². The average molecular weight is 336 g/mol. The molecule has 0 amide bonds. The molecule has 0 aliphatic carbocycles. The molecule has 84 valence electrons. The number of hydrogen-bond donors (Lipinski definition) is 0. The molecule has 0 N–H and O–H groups in total. The van der Waals surface area contributed by atoms with Gasteiger partial charge in [-0.25, -0.2) is 0 Å². The van der Waals surface area contributed by atoms with Crippen LogP contribution in [-0.4, -0.2) is 6.10 Å². The Hall–Kier alpha value is -0.0200. The second-order valence-electron chi connectivity index (χ2n) is 3.45. The Morgan fingerprint density at radius 3 is 2.40 bits per heavy atom. The summed E-state index contributed by atoms with van der Waals surface area (Å²) < 4.78 is 6.91. The van der Waals surface area contributed by atoms with Crippen molar-refractivity contribution in [3.8, 4) is 5.75 Å². The number of halogens is 2. The fourth-order valence-corrected chi connectivity index (χ4v) is 2.23. The van der Waals surface area contributed by atoms with Gasteiger partial charge in [-0.1, -0.05) is 35.8 Å². The lowest BCUT2D eigenvalue weighted by Gasteiger charge is -2.17. The lowest BCUT2D eigenvalue weighted by Crippen LogP contribution is -2.13. The van der Waals surface area contributed by atoms with Crippen LogP contribution in [0, 0.1) is 0 Å². The topological polar surface area (TPSA) is 9.23 Å². The van der Waals surface area contributed by atoms with Crippen molar-refractivity contribution in [2.75, 3.05) is 0 Å². The van der Waals surface area contributed by atoms with E-state index in [2.05, 4.69) is 57.8 Å². The molecule has 0 fully saturated rings. The van der Waals surface area contributed by atoms with Crippen LogP contribution in [0.1, 0.15) is 32.3 Å². The molecule has 0 saturated carbocycles. The average Bonchev–Trinajstić information content (AvgIpc) is 2.27. The highest BCUT2D eigenvalue weighted by Crippen LogP contribution is 2.28. The van der Waals surface area contributed by atoms with Crippen LogP contribution in [0.3, 0.4) is 0 Å². The van der Waals surface area contributed by atoms with E-state index in [1.54, 1.807) is 0 Å².